The second-order valence-electron chi connectivity index (χ2n) is 5.54. The van der Waals surface area contributed by atoms with Crippen LogP contribution in [0.4, 0.5) is 5.69 Å². The number of aryl methyl sites for hydroxylation is 3. The van der Waals surface area contributed by atoms with Gasteiger partial charge >= 0.3 is 0 Å². The smallest absolute Gasteiger partial charge is 0.234 e. The normalized spacial score (nSPS) is 10.4. The summed E-state index contributed by atoms with van der Waals surface area (Å²) in [5, 5.41) is 3.01. The van der Waals surface area contributed by atoms with E-state index in [0.29, 0.717) is 12.4 Å². The minimum Gasteiger partial charge on any atom is -0.493 e. The average Bonchev–Trinajstić information content (AvgIpc) is 2.51. The van der Waals surface area contributed by atoms with Crippen LogP contribution in [-0.2, 0) is 4.79 Å². The van der Waals surface area contributed by atoms with Crippen molar-refractivity contribution in [2.75, 3.05) is 23.4 Å². The van der Waals surface area contributed by atoms with Crippen molar-refractivity contribution < 1.29 is 9.53 Å². The van der Waals surface area contributed by atoms with Gasteiger partial charge in [0.2, 0.25) is 5.91 Å². The molecule has 0 aliphatic carbocycles. The first-order chi connectivity index (χ1) is 11.1. The maximum Gasteiger partial charge on any atom is 0.234 e. The van der Waals surface area contributed by atoms with Crippen molar-refractivity contribution in [3.8, 4) is 5.75 Å². The van der Waals surface area contributed by atoms with Crippen molar-refractivity contribution in [2.24, 2.45) is 0 Å². The van der Waals surface area contributed by atoms with Crippen molar-refractivity contribution in [1.29, 1.82) is 0 Å². The molecule has 0 radical (unpaired) electrons. The highest BCUT2D eigenvalue weighted by atomic mass is 32.2. The summed E-state index contributed by atoms with van der Waals surface area (Å²) in [5.41, 5.74) is 4.36. The van der Waals surface area contributed by atoms with Gasteiger partial charge in [-0.25, -0.2) is 0 Å². The van der Waals surface area contributed by atoms with Crippen molar-refractivity contribution in [1.82, 2.24) is 0 Å². The third kappa shape index (κ3) is 5.64. The minimum absolute atomic E-state index is 0.0322. The molecule has 2 aromatic carbocycles. The average molecular weight is 329 g/mol. The van der Waals surface area contributed by atoms with Crippen LogP contribution in [0.1, 0.15) is 16.7 Å². The monoisotopic (exact) mass is 329 g/mol. The molecule has 0 unspecified atom stereocenters. The lowest BCUT2D eigenvalue weighted by Gasteiger charge is -2.12. The van der Waals surface area contributed by atoms with Crippen LogP contribution in [0.3, 0.4) is 0 Å². The molecule has 0 bridgehead atoms. The molecule has 0 spiro atoms. The number of benzene rings is 2. The Morgan fingerprint density at radius 2 is 1.74 bits per heavy atom. The zero-order valence-corrected chi connectivity index (χ0v) is 14.7. The third-order valence-electron chi connectivity index (χ3n) is 3.41. The summed E-state index contributed by atoms with van der Waals surface area (Å²) >= 11 is 1.58. The first-order valence-electron chi connectivity index (χ1n) is 7.69. The molecule has 122 valence electrons. The number of carbonyl (C=O) groups is 1. The summed E-state index contributed by atoms with van der Waals surface area (Å²) in [6, 6.07) is 13.9. The Kier molecular flexibility index (Phi) is 6.53. The fraction of sp³-hybridized carbons (Fsp3) is 0.316. The molecule has 23 heavy (non-hydrogen) atoms. The van der Waals surface area contributed by atoms with Crippen molar-refractivity contribution >= 4 is 23.4 Å². The molecular weight excluding hydrogens is 306 g/mol. The first kappa shape index (κ1) is 17.4. The number of hydrogen-bond acceptors (Lipinski definition) is 3. The fourth-order valence-electron chi connectivity index (χ4n) is 2.45. The molecule has 1 amide bonds. The molecule has 0 aromatic heterocycles. The van der Waals surface area contributed by atoms with Crippen LogP contribution in [0.25, 0.3) is 0 Å². The maximum absolute atomic E-state index is 12.1. The van der Waals surface area contributed by atoms with Crippen molar-refractivity contribution in [2.45, 2.75) is 20.8 Å². The number of ether oxygens (including phenoxy) is 1. The van der Waals surface area contributed by atoms with Gasteiger partial charge in [0.05, 0.1) is 12.4 Å². The molecule has 2 rings (SSSR count). The summed E-state index contributed by atoms with van der Waals surface area (Å²) < 4.78 is 5.60. The van der Waals surface area contributed by atoms with Gasteiger partial charge in [0.1, 0.15) is 5.75 Å². The van der Waals surface area contributed by atoms with Crippen molar-refractivity contribution in [3.63, 3.8) is 0 Å². The number of nitrogens with one attached hydrogen (secondary N) is 1. The molecule has 4 heteroatoms. The Labute approximate surface area is 142 Å². The predicted molar refractivity (Wildman–Crippen MR) is 98.5 cm³/mol. The molecule has 0 heterocycles. The number of anilines is 1. The van der Waals surface area contributed by atoms with E-state index in [2.05, 4.69) is 24.4 Å². The standard InChI is InChI=1S/C19H23NO2S/c1-14-11-15(2)19(16(3)12-14)20-18(21)13-23-10-9-22-17-7-5-4-6-8-17/h4-8,11-12H,9-10,13H2,1-3H3,(H,20,21). The van der Waals surface area contributed by atoms with E-state index in [-0.39, 0.29) is 5.91 Å². The Morgan fingerprint density at radius 3 is 2.39 bits per heavy atom. The summed E-state index contributed by atoms with van der Waals surface area (Å²) in [7, 11) is 0. The molecule has 0 aliphatic rings. The summed E-state index contributed by atoms with van der Waals surface area (Å²) in [4.78, 5) is 12.1. The molecule has 0 atom stereocenters. The SMILES string of the molecule is Cc1cc(C)c(NC(=O)CSCCOc2ccccc2)c(C)c1. The van der Waals surface area contributed by atoms with E-state index < -0.39 is 0 Å². The van der Waals surface area contributed by atoms with Gasteiger partial charge in [0.25, 0.3) is 0 Å². The highest BCUT2D eigenvalue weighted by molar-refractivity contribution is 7.99. The number of amides is 1. The fourth-order valence-corrected chi connectivity index (χ4v) is 3.06. The quantitative estimate of drug-likeness (QED) is 0.767. The van der Waals surface area contributed by atoms with Gasteiger partial charge in [-0.15, -0.1) is 11.8 Å². The number of thioether (sulfide) groups is 1. The van der Waals surface area contributed by atoms with Crippen LogP contribution in [-0.4, -0.2) is 24.0 Å². The van der Waals surface area contributed by atoms with E-state index in [0.717, 1.165) is 28.3 Å². The van der Waals surface area contributed by atoms with Gasteiger partial charge in [0.15, 0.2) is 0 Å². The van der Waals surface area contributed by atoms with Crippen LogP contribution in [0.5, 0.6) is 5.75 Å². The topological polar surface area (TPSA) is 38.3 Å². The lowest BCUT2D eigenvalue weighted by Crippen LogP contribution is -2.16. The van der Waals surface area contributed by atoms with Gasteiger partial charge in [-0.3, -0.25) is 4.79 Å². The van der Waals surface area contributed by atoms with Crippen molar-refractivity contribution in [3.05, 3.63) is 59.2 Å². The predicted octanol–water partition coefficient (Wildman–Crippen LogP) is 4.36. The second kappa shape index (κ2) is 8.63. The van der Waals surface area contributed by atoms with E-state index in [1.54, 1.807) is 11.8 Å². The zero-order valence-electron chi connectivity index (χ0n) is 13.9. The molecule has 0 saturated heterocycles. The Balaban J connectivity index is 1.71. The van der Waals surface area contributed by atoms with Crippen LogP contribution in [0, 0.1) is 20.8 Å². The second-order valence-corrected chi connectivity index (χ2v) is 6.64. The molecule has 1 N–H and O–H groups in total. The molecule has 0 saturated carbocycles. The van der Waals surface area contributed by atoms with E-state index in [1.807, 2.05) is 44.2 Å². The lowest BCUT2D eigenvalue weighted by atomic mass is 10.1. The summed E-state index contributed by atoms with van der Waals surface area (Å²) in [6.45, 7) is 6.71. The van der Waals surface area contributed by atoms with Crippen LogP contribution in [0.2, 0.25) is 0 Å². The highest BCUT2D eigenvalue weighted by Crippen LogP contribution is 2.22. The molecule has 0 aliphatic heterocycles. The molecule has 3 nitrogen and oxygen atoms in total. The van der Waals surface area contributed by atoms with E-state index in [1.165, 1.54) is 5.56 Å². The Bertz CT molecular complexity index is 633. The minimum atomic E-state index is 0.0322. The molecule has 2 aromatic rings. The van der Waals surface area contributed by atoms with Gasteiger partial charge in [-0.1, -0.05) is 35.9 Å². The summed E-state index contributed by atoms with van der Waals surface area (Å²) in [6.07, 6.45) is 0. The number of hydrogen-bond donors (Lipinski definition) is 1. The van der Waals surface area contributed by atoms with Crippen LogP contribution < -0.4 is 10.1 Å². The maximum atomic E-state index is 12.1. The van der Waals surface area contributed by atoms with Gasteiger partial charge in [0, 0.05) is 11.4 Å². The van der Waals surface area contributed by atoms with E-state index >= 15 is 0 Å². The van der Waals surface area contributed by atoms with E-state index in [4.69, 9.17) is 4.74 Å². The zero-order chi connectivity index (χ0) is 16.7. The molecule has 0 fully saturated rings. The van der Waals surface area contributed by atoms with Gasteiger partial charge in [-0.05, 0) is 44.0 Å². The summed E-state index contributed by atoms with van der Waals surface area (Å²) in [5.74, 6) is 2.12. The number of carbonyl (C=O) groups excluding carboxylic acids is 1. The van der Waals surface area contributed by atoms with Crippen LogP contribution in [0.15, 0.2) is 42.5 Å². The van der Waals surface area contributed by atoms with Gasteiger partial charge < -0.3 is 10.1 Å². The first-order valence-corrected chi connectivity index (χ1v) is 8.85. The lowest BCUT2D eigenvalue weighted by molar-refractivity contribution is -0.113. The Hall–Kier alpha value is -1.94. The van der Waals surface area contributed by atoms with E-state index in [9.17, 15) is 4.79 Å². The third-order valence-corrected chi connectivity index (χ3v) is 4.34. The number of rotatable bonds is 7. The van der Waals surface area contributed by atoms with Crippen LogP contribution >= 0.6 is 11.8 Å². The Morgan fingerprint density at radius 1 is 1.09 bits per heavy atom. The van der Waals surface area contributed by atoms with Gasteiger partial charge in [-0.2, -0.15) is 0 Å². The number of para-hydroxylation sites is 1. The highest BCUT2D eigenvalue weighted by Gasteiger charge is 2.08. The largest absolute Gasteiger partial charge is 0.493 e. The molecular formula is C19H23NO2S.